The second-order valence-corrected chi connectivity index (χ2v) is 4.08. The zero-order chi connectivity index (χ0) is 11.4. The fraction of sp³-hybridized carbons (Fsp3) is 0. The third kappa shape index (κ3) is 2.46. The average Bonchev–Trinajstić information content (AvgIpc) is 2.32. The zero-order valence-electron chi connectivity index (χ0n) is 8.09. The van der Waals surface area contributed by atoms with E-state index < -0.39 is 0 Å². The molecule has 0 aliphatic rings. The van der Waals surface area contributed by atoms with Crippen molar-refractivity contribution >= 4 is 22.6 Å². The van der Waals surface area contributed by atoms with E-state index in [0.29, 0.717) is 17.2 Å². The molecule has 5 heteroatoms. The Kier molecular flexibility index (Phi) is 3.31. The lowest BCUT2D eigenvalue weighted by Gasteiger charge is -2.05. The molecule has 0 atom stereocenters. The van der Waals surface area contributed by atoms with Gasteiger partial charge in [-0.3, -0.25) is 0 Å². The Morgan fingerprint density at radius 1 is 1.38 bits per heavy atom. The van der Waals surface area contributed by atoms with Crippen LogP contribution in [0.3, 0.4) is 0 Å². The van der Waals surface area contributed by atoms with Crippen molar-refractivity contribution in [1.29, 1.82) is 5.26 Å². The molecule has 0 bridgehead atoms. The molecule has 0 aliphatic heterocycles. The first-order chi connectivity index (χ1) is 7.79. The Hall–Kier alpha value is -1.68. The van der Waals surface area contributed by atoms with Crippen molar-refractivity contribution in [1.82, 2.24) is 9.97 Å². The highest BCUT2D eigenvalue weighted by atomic mass is 127. The van der Waals surface area contributed by atoms with Gasteiger partial charge in [-0.05, 0) is 40.8 Å². The van der Waals surface area contributed by atoms with Crippen molar-refractivity contribution < 1.29 is 4.74 Å². The maximum absolute atomic E-state index is 8.75. The first-order valence-electron chi connectivity index (χ1n) is 4.43. The minimum Gasteiger partial charge on any atom is -0.438 e. The molecule has 1 heterocycles. The van der Waals surface area contributed by atoms with Gasteiger partial charge in [0.2, 0.25) is 5.88 Å². The summed E-state index contributed by atoms with van der Waals surface area (Å²) in [4.78, 5) is 7.87. The van der Waals surface area contributed by atoms with E-state index in [0.717, 1.165) is 3.57 Å². The summed E-state index contributed by atoms with van der Waals surface area (Å²) < 4.78 is 6.36. The van der Waals surface area contributed by atoms with Crippen molar-refractivity contribution in [2.45, 2.75) is 0 Å². The molecule has 0 fully saturated rings. The van der Waals surface area contributed by atoms with Crippen molar-refractivity contribution in [2.75, 3.05) is 0 Å². The van der Waals surface area contributed by atoms with Crippen LogP contribution in [0.25, 0.3) is 0 Å². The predicted octanol–water partition coefficient (Wildman–Crippen LogP) is 2.75. The molecular formula is C11H6IN3O. The fourth-order valence-electron chi connectivity index (χ4n) is 1.12. The Morgan fingerprint density at radius 2 is 2.25 bits per heavy atom. The van der Waals surface area contributed by atoms with Gasteiger partial charge >= 0.3 is 0 Å². The largest absolute Gasteiger partial charge is 0.438 e. The maximum atomic E-state index is 8.75. The van der Waals surface area contributed by atoms with Crippen LogP contribution >= 0.6 is 22.6 Å². The third-order valence-corrected chi connectivity index (χ3v) is 2.55. The molecule has 2 rings (SSSR count). The number of ether oxygens (including phenoxy) is 1. The summed E-state index contributed by atoms with van der Waals surface area (Å²) in [5, 5.41) is 8.75. The van der Waals surface area contributed by atoms with Crippen LogP contribution in [-0.2, 0) is 0 Å². The summed E-state index contributed by atoms with van der Waals surface area (Å²) >= 11 is 2.09. The lowest BCUT2D eigenvalue weighted by molar-refractivity contribution is 0.457. The van der Waals surface area contributed by atoms with Crippen molar-refractivity contribution in [2.24, 2.45) is 0 Å². The number of nitrogens with zero attached hydrogens (tertiary/aromatic N) is 3. The highest BCUT2D eigenvalue weighted by molar-refractivity contribution is 14.1. The van der Waals surface area contributed by atoms with Gasteiger partial charge in [-0.15, -0.1) is 0 Å². The number of aromatic nitrogens is 2. The average molecular weight is 323 g/mol. The first-order valence-corrected chi connectivity index (χ1v) is 5.51. The van der Waals surface area contributed by atoms with Gasteiger partial charge in [0.25, 0.3) is 0 Å². The normalized spacial score (nSPS) is 9.50. The summed E-state index contributed by atoms with van der Waals surface area (Å²) in [5.41, 5.74) is 0.557. The highest BCUT2D eigenvalue weighted by Crippen LogP contribution is 2.23. The fourth-order valence-corrected chi connectivity index (χ4v) is 1.53. The molecule has 0 saturated heterocycles. The molecule has 0 saturated carbocycles. The van der Waals surface area contributed by atoms with E-state index in [-0.39, 0.29) is 0 Å². The number of hydrogen-bond acceptors (Lipinski definition) is 4. The Morgan fingerprint density at radius 3 is 3.00 bits per heavy atom. The van der Waals surface area contributed by atoms with E-state index in [9.17, 15) is 0 Å². The van der Waals surface area contributed by atoms with E-state index >= 15 is 0 Å². The Balaban J connectivity index is 2.28. The molecule has 1 aromatic carbocycles. The third-order valence-electron chi connectivity index (χ3n) is 1.81. The molecule has 16 heavy (non-hydrogen) atoms. The lowest BCUT2D eigenvalue weighted by Crippen LogP contribution is -1.92. The van der Waals surface area contributed by atoms with Crippen LogP contribution in [0.4, 0.5) is 0 Å². The predicted molar refractivity (Wildman–Crippen MR) is 66.0 cm³/mol. The summed E-state index contributed by atoms with van der Waals surface area (Å²) in [6, 6.07) is 8.98. The van der Waals surface area contributed by atoms with Crippen LogP contribution in [0.1, 0.15) is 5.56 Å². The first kappa shape index (κ1) is 10.8. The molecule has 0 N–H and O–H groups in total. The number of halogens is 1. The summed E-state index contributed by atoms with van der Waals surface area (Å²) in [6.07, 6.45) is 3.09. The maximum Gasteiger partial charge on any atom is 0.235 e. The minimum absolute atomic E-state index is 0.491. The monoisotopic (exact) mass is 323 g/mol. The van der Waals surface area contributed by atoms with Crippen molar-refractivity contribution in [3.63, 3.8) is 0 Å². The van der Waals surface area contributed by atoms with Crippen LogP contribution < -0.4 is 4.74 Å². The van der Waals surface area contributed by atoms with Gasteiger partial charge < -0.3 is 4.74 Å². The van der Waals surface area contributed by atoms with Gasteiger partial charge in [-0.25, -0.2) is 9.97 Å². The SMILES string of the molecule is N#Cc1cccc(Oc2ncncc2I)c1. The van der Waals surface area contributed by atoms with Gasteiger partial charge in [-0.1, -0.05) is 6.07 Å². The molecular weight excluding hydrogens is 317 g/mol. The van der Waals surface area contributed by atoms with Gasteiger partial charge in [0, 0.05) is 6.20 Å². The molecule has 0 amide bonds. The van der Waals surface area contributed by atoms with E-state index in [4.69, 9.17) is 10.00 Å². The van der Waals surface area contributed by atoms with E-state index in [2.05, 4.69) is 38.6 Å². The van der Waals surface area contributed by atoms with Crippen LogP contribution in [-0.4, -0.2) is 9.97 Å². The number of nitriles is 1. The van der Waals surface area contributed by atoms with Crippen LogP contribution in [0.15, 0.2) is 36.8 Å². The molecule has 0 aliphatic carbocycles. The number of benzene rings is 1. The smallest absolute Gasteiger partial charge is 0.235 e. The quantitative estimate of drug-likeness (QED) is 0.798. The second kappa shape index (κ2) is 4.90. The van der Waals surface area contributed by atoms with Crippen molar-refractivity contribution in [3.05, 3.63) is 45.9 Å². The number of hydrogen-bond donors (Lipinski definition) is 0. The lowest BCUT2D eigenvalue weighted by atomic mass is 10.2. The van der Waals surface area contributed by atoms with Crippen LogP contribution in [0.2, 0.25) is 0 Å². The molecule has 4 nitrogen and oxygen atoms in total. The molecule has 0 radical (unpaired) electrons. The van der Waals surface area contributed by atoms with Gasteiger partial charge in [0.15, 0.2) is 0 Å². The van der Waals surface area contributed by atoms with E-state index in [1.54, 1.807) is 30.5 Å². The summed E-state index contributed by atoms with van der Waals surface area (Å²) in [5.74, 6) is 1.08. The summed E-state index contributed by atoms with van der Waals surface area (Å²) in [6.45, 7) is 0. The van der Waals surface area contributed by atoms with Gasteiger partial charge in [-0.2, -0.15) is 5.26 Å². The van der Waals surface area contributed by atoms with Crippen molar-refractivity contribution in [3.8, 4) is 17.7 Å². The minimum atomic E-state index is 0.491. The standard InChI is InChI=1S/C11H6IN3O/c12-10-6-14-7-15-11(10)16-9-3-1-2-8(4-9)5-13/h1-4,6-7H. The Bertz CT molecular complexity index is 551. The molecule has 2 aromatic rings. The molecule has 1 aromatic heterocycles. The Labute approximate surface area is 106 Å². The second-order valence-electron chi connectivity index (χ2n) is 2.92. The van der Waals surface area contributed by atoms with Gasteiger partial charge in [0.05, 0.1) is 15.2 Å². The van der Waals surface area contributed by atoms with E-state index in [1.807, 2.05) is 0 Å². The van der Waals surface area contributed by atoms with E-state index in [1.165, 1.54) is 6.33 Å². The summed E-state index contributed by atoms with van der Waals surface area (Å²) in [7, 11) is 0. The highest BCUT2D eigenvalue weighted by Gasteiger charge is 2.04. The van der Waals surface area contributed by atoms with Crippen LogP contribution in [0, 0.1) is 14.9 Å². The topological polar surface area (TPSA) is 58.8 Å². The molecule has 0 unspecified atom stereocenters. The zero-order valence-corrected chi connectivity index (χ0v) is 10.2. The van der Waals surface area contributed by atoms with Gasteiger partial charge in [0.1, 0.15) is 12.1 Å². The molecule has 0 spiro atoms. The van der Waals surface area contributed by atoms with Crippen LogP contribution in [0.5, 0.6) is 11.6 Å². The number of rotatable bonds is 2. The molecule has 78 valence electrons.